The predicted molar refractivity (Wildman–Crippen MR) is 203 cm³/mol. The van der Waals surface area contributed by atoms with E-state index in [-0.39, 0.29) is 51.3 Å². The third-order valence-electron chi connectivity index (χ3n) is 7.68. The first kappa shape index (κ1) is 38.6. The van der Waals surface area contributed by atoms with E-state index in [1.165, 1.54) is 48.5 Å². The van der Waals surface area contributed by atoms with Gasteiger partial charge < -0.3 is 9.47 Å². The molecule has 0 aliphatic heterocycles. The molecule has 0 fully saturated rings. The van der Waals surface area contributed by atoms with E-state index in [2.05, 4.69) is 36.7 Å². The maximum Gasteiger partial charge on any atom is 0.264 e. The van der Waals surface area contributed by atoms with Crippen molar-refractivity contribution in [1.82, 2.24) is 20.4 Å². The lowest BCUT2D eigenvalue weighted by atomic mass is 10.1. The zero-order chi connectivity index (χ0) is 38.8. The molecule has 6 aromatic rings. The molecule has 0 aliphatic rings. The van der Waals surface area contributed by atoms with Gasteiger partial charge in [0.25, 0.3) is 11.1 Å². The van der Waals surface area contributed by atoms with Gasteiger partial charge >= 0.3 is 0 Å². The Morgan fingerprint density at radius 2 is 1.20 bits per heavy atom. The highest BCUT2D eigenvalue weighted by molar-refractivity contribution is 6.32. The minimum absolute atomic E-state index is 0.0963. The lowest BCUT2D eigenvalue weighted by Gasteiger charge is -2.13. The minimum atomic E-state index is -0.635. The highest BCUT2D eigenvalue weighted by Crippen LogP contribution is 2.38. The second-order valence-corrected chi connectivity index (χ2v) is 12.3. The summed E-state index contributed by atoms with van der Waals surface area (Å²) < 4.78 is 41.3. The molecule has 10 nitrogen and oxygen atoms in total. The van der Waals surface area contributed by atoms with Gasteiger partial charge in [-0.05, 0) is 77.7 Å². The molecule has 0 saturated heterocycles. The maximum atomic E-state index is 15.0. The first-order valence-electron chi connectivity index (χ1n) is 16.0. The second kappa shape index (κ2) is 17.8. The van der Waals surface area contributed by atoms with E-state index in [1.807, 2.05) is 6.92 Å². The number of nitrogens with zero attached hydrogens (tertiary/aromatic N) is 4. The van der Waals surface area contributed by atoms with Crippen molar-refractivity contribution in [1.29, 1.82) is 0 Å². The van der Waals surface area contributed by atoms with Crippen molar-refractivity contribution in [3.63, 3.8) is 0 Å². The number of aryl methyl sites for hydroxylation is 1. The SMILES string of the molecule is [C-]#[N+]c1cc(C=C)cc(Oc2c(Cl)ccc(Cc3ccc(=O)[nH]n3)c2F)c1.[C-]#[N+]c1cc(CC)cc(Oc2c(Cl)ccc(Cc3ccc(=O)[nH]n3)c2F)c1. The van der Waals surface area contributed by atoms with Crippen LogP contribution in [0.1, 0.15) is 40.6 Å². The minimum Gasteiger partial charge on any atom is -0.454 e. The highest BCUT2D eigenvalue weighted by atomic mass is 35.5. The largest absolute Gasteiger partial charge is 0.454 e. The Kier molecular flexibility index (Phi) is 12.7. The van der Waals surface area contributed by atoms with E-state index < -0.39 is 11.6 Å². The number of ether oxygens (including phenoxy) is 2. The number of aromatic amines is 2. The Balaban J connectivity index is 0.000000208. The summed E-state index contributed by atoms with van der Waals surface area (Å²) in [6.45, 7) is 20.0. The second-order valence-electron chi connectivity index (χ2n) is 11.5. The lowest BCUT2D eigenvalue weighted by molar-refractivity contribution is 0.439. The van der Waals surface area contributed by atoms with E-state index in [0.717, 1.165) is 5.56 Å². The van der Waals surface area contributed by atoms with Crippen LogP contribution in [0.2, 0.25) is 10.0 Å². The molecule has 0 atom stereocenters. The number of benzene rings is 4. The fourth-order valence-electron chi connectivity index (χ4n) is 4.99. The van der Waals surface area contributed by atoms with Crippen LogP contribution in [0.5, 0.6) is 23.0 Å². The average Bonchev–Trinajstić information content (AvgIpc) is 3.18. The van der Waals surface area contributed by atoms with Gasteiger partial charge in [0.05, 0.1) is 34.6 Å². The van der Waals surface area contributed by atoms with E-state index in [4.69, 9.17) is 45.8 Å². The van der Waals surface area contributed by atoms with Gasteiger partial charge in [-0.1, -0.05) is 66.5 Å². The van der Waals surface area contributed by atoms with Gasteiger partial charge in [0, 0.05) is 25.0 Å². The third kappa shape index (κ3) is 9.83. The van der Waals surface area contributed by atoms with Crippen LogP contribution >= 0.6 is 23.2 Å². The van der Waals surface area contributed by atoms with Crippen molar-refractivity contribution < 1.29 is 18.3 Å². The van der Waals surface area contributed by atoms with Crippen molar-refractivity contribution in [3.8, 4) is 23.0 Å². The van der Waals surface area contributed by atoms with Gasteiger partial charge in [-0.3, -0.25) is 9.59 Å². The molecule has 14 heteroatoms. The molecule has 0 bridgehead atoms. The molecule has 2 N–H and O–H groups in total. The summed E-state index contributed by atoms with van der Waals surface area (Å²) in [5.74, 6) is -0.872. The van der Waals surface area contributed by atoms with Crippen LogP contribution < -0.4 is 20.6 Å². The summed E-state index contributed by atoms with van der Waals surface area (Å²) in [6, 6.07) is 21.7. The molecule has 0 amide bonds. The molecular formula is C40H28Cl2F2N6O4. The number of nitrogens with one attached hydrogen (secondary N) is 2. The van der Waals surface area contributed by atoms with E-state index in [0.29, 0.717) is 51.6 Å². The predicted octanol–water partition coefficient (Wildman–Crippen LogP) is 10.2. The van der Waals surface area contributed by atoms with Crippen LogP contribution in [0.4, 0.5) is 20.2 Å². The van der Waals surface area contributed by atoms with E-state index in [1.54, 1.807) is 42.5 Å². The van der Waals surface area contributed by atoms with E-state index >= 15 is 0 Å². The van der Waals surface area contributed by atoms with Gasteiger partial charge in [0.2, 0.25) is 0 Å². The molecule has 54 heavy (non-hydrogen) atoms. The summed E-state index contributed by atoms with van der Waals surface area (Å²) in [4.78, 5) is 29.0. The first-order valence-corrected chi connectivity index (χ1v) is 16.8. The third-order valence-corrected chi connectivity index (χ3v) is 8.28. The zero-order valence-corrected chi connectivity index (χ0v) is 29.9. The number of halogens is 4. The molecule has 2 aromatic heterocycles. The molecule has 2 heterocycles. The lowest BCUT2D eigenvalue weighted by Crippen LogP contribution is -2.08. The Morgan fingerprint density at radius 3 is 1.63 bits per heavy atom. The number of hydrogen-bond acceptors (Lipinski definition) is 6. The summed E-state index contributed by atoms with van der Waals surface area (Å²) in [5.41, 5.74) is 3.29. The van der Waals surface area contributed by atoms with Crippen molar-refractivity contribution in [3.05, 3.63) is 190 Å². The molecule has 270 valence electrons. The molecule has 0 radical (unpaired) electrons. The fourth-order valence-corrected chi connectivity index (χ4v) is 5.36. The van der Waals surface area contributed by atoms with Gasteiger partial charge in [-0.25, -0.2) is 28.7 Å². The van der Waals surface area contributed by atoms with Crippen molar-refractivity contribution in [2.75, 3.05) is 0 Å². The van der Waals surface area contributed by atoms with Crippen molar-refractivity contribution >= 4 is 40.7 Å². The fraction of sp³-hybridized carbons (Fsp3) is 0.100. The Labute approximate surface area is 317 Å². The van der Waals surface area contributed by atoms with Crippen LogP contribution in [0.25, 0.3) is 15.8 Å². The Hall–Kier alpha value is -6.60. The summed E-state index contributed by atoms with van der Waals surface area (Å²) in [6.07, 6.45) is 2.60. The molecule has 0 spiro atoms. The van der Waals surface area contributed by atoms with Crippen LogP contribution in [0.15, 0.2) is 101 Å². The number of rotatable bonds is 10. The van der Waals surface area contributed by atoms with Crippen molar-refractivity contribution in [2.24, 2.45) is 0 Å². The quantitative estimate of drug-likeness (QED) is 0.134. The molecule has 0 saturated carbocycles. The van der Waals surface area contributed by atoms with E-state index in [9.17, 15) is 18.4 Å². The van der Waals surface area contributed by atoms with Gasteiger partial charge in [-0.2, -0.15) is 10.2 Å². The van der Waals surface area contributed by atoms with Gasteiger partial charge in [-0.15, -0.1) is 0 Å². The molecule has 0 aliphatic carbocycles. The number of H-pyrrole nitrogens is 2. The number of aromatic nitrogens is 4. The van der Waals surface area contributed by atoms with Crippen LogP contribution in [0.3, 0.4) is 0 Å². The molecule has 0 unspecified atom stereocenters. The van der Waals surface area contributed by atoms with Gasteiger partial charge in [0.1, 0.15) is 11.5 Å². The summed E-state index contributed by atoms with van der Waals surface area (Å²) in [5, 5.41) is 12.6. The highest BCUT2D eigenvalue weighted by Gasteiger charge is 2.18. The van der Waals surface area contributed by atoms with Crippen LogP contribution in [-0.2, 0) is 19.3 Å². The molecule has 4 aromatic carbocycles. The average molecular weight is 766 g/mol. The normalized spacial score (nSPS) is 10.4. The van der Waals surface area contributed by atoms with Gasteiger partial charge in [0.15, 0.2) is 34.5 Å². The number of hydrogen-bond donors (Lipinski definition) is 2. The smallest absolute Gasteiger partial charge is 0.264 e. The zero-order valence-electron chi connectivity index (χ0n) is 28.4. The summed E-state index contributed by atoms with van der Waals surface area (Å²) >= 11 is 12.2. The standard InChI is InChI=1S/C20H15ClFN3O2.C20H13ClFN3O2/c2*1-3-12-8-15(23-2)11-16(9-12)27-20-17(21)6-4-13(19(20)22)10-14-5-7-18(26)25-24-14/h4-9,11H,3,10H2,1H3,(H,25,26);3-9,11H,1,10H2,(H,25,26). The maximum absolute atomic E-state index is 15.0. The topological polar surface area (TPSA) is 119 Å². The Morgan fingerprint density at radius 1 is 0.722 bits per heavy atom. The Bertz CT molecular complexity index is 2520. The molecule has 6 rings (SSSR count). The van der Waals surface area contributed by atoms with Crippen LogP contribution in [0, 0.1) is 24.8 Å². The van der Waals surface area contributed by atoms with Crippen molar-refractivity contribution in [2.45, 2.75) is 26.2 Å². The monoisotopic (exact) mass is 764 g/mol. The van der Waals surface area contributed by atoms with Crippen LogP contribution in [-0.4, -0.2) is 20.4 Å². The molecular weight excluding hydrogens is 737 g/mol. The summed E-state index contributed by atoms with van der Waals surface area (Å²) in [7, 11) is 0. The first-order chi connectivity index (χ1) is 26.0.